The maximum Gasteiger partial charge on any atom is 0.143 e. The Kier molecular flexibility index (Phi) is 13.7. The van der Waals surface area contributed by atoms with Crippen LogP contribution in [0.4, 0.5) is 0 Å². The van der Waals surface area contributed by atoms with Gasteiger partial charge in [-0.15, -0.1) is 0 Å². The Bertz CT molecular complexity index is 1520. The Hall–Kier alpha value is -2.62. The van der Waals surface area contributed by atoms with Gasteiger partial charge in [0.15, 0.2) is 0 Å². The van der Waals surface area contributed by atoms with Crippen LogP contribution in [-0.4, -0.2) is 79.9 Å². The van der Waals surface area contributed by atoms with Crippen LogP contribution in [0.5, 0.6) is 0 Å². The molecule has 4 aliphatic carbocycles. The van der Waals surface area contributed by atoms with E-state index in [1.807, 2.05) is 0 Å². The lowest BCUT2D eigenvalue weighted by Gasteiger charge is -2.64. The van der Waals surface area contributed by atoms with Gasteiger partial charge in [-0.2, -0.15) is 0 Å². The fourth-order valence-electron chi connectivity index (χ4n) is 12.9. The number of ether oxygens (including phenoxy) is 4. The molecule has 7 rings (SSSR count). The molecule has 0 heterocycles. The first kappa shape index (κ1) is 41.5. The predicted octanol–water partition coefficient (Wildman–Crippen LogP) is 8.42. The van der Waals surface area contributed by atoms with Crippen LogP contribution >= 0.6 is 0 Å². The summed E-state index contributed by atoms with van der Waals surface area (Å²) in [6.07, 6.45) is 9.74. The highest BCUT2D eigenvalue weighted by molar-refractivity contribution is 5.47. The van der Waals surface area contributed by atoms with E-state index in [0.29, 0.717) is 61.9 Å². The quantitative estimate of drug-likeness (QED) is 0.0884. The van der Waals surface area contributed by atoms with Gasteiger partial charge in [0.05, 0.1) is 58.0 Å². The highest BCUT2D eigenvalue weighted by Gasteiger charge is 2.66. The molecule has 0 unspecified atom stereocenters. The minimum atomic E-state index is -0.721. The van der Waals surface area contributed by atoms with Crippen LogP contribution in [0.3, 0.4) is 0 Å². The zero-order valence-corrected chi connectivity index (χ0v) is 34.1. The maximum absolute atomic E-state index is 10.0. The highest BCUT2D eigenvalue weighted by atomic mass is 16.5. The number of benzene rings is 3. The van der Waals surface area contributed by atoms with Crippen molar-refractivity contribution in [1.82, 2.24) is 0 Å². The third-order valence-corrected chi connectivity index (χ3v) is 15.4. The fourth-order valence-corrected chi connectivity index (χ4v) is 12.9. The number of aliphatic hydroxyl groups excluding tert-OH is 3. The van der Waals surface area contributed by atoms with Crippen molar-refractivity contribution in [3.8, 4) is 0 Å². The molecule has 0 radical (unpaired) electrons. The van der Waals surface area contributed by atoms with E-state index in [1.165, 1.54) is 0 Å². The van der Waals surface area contributed by atoms with Crippen LogP contribution in [0.2, 0.25) is 0 Å². The Morgan fingerprint density at radius 3 is 1.82 bits per heavy atom. The minimum Gasteiger partial charge on any atom is -0.394 e. The van der Waals surface area contributed by atoms with Crippen LogP contribution in [0.25, 0.3) is 0 Å². The van der Waals surface area contributed by atoms with Gasteiger partial charge in [-0.3, -0.25) is 0 Å². The molecule has 0 aliphatic heterocycles. The average molecular weight is 769 g/mol. The molecule has 3 aromatic carbocycles. The third-order valence-electron chi connectivity index (χ3n) is 15.4. The van der Waals surface area contributed by atoms with Gasteiger partial charge in [0, 0.05) is 12.0 Å². The molecule has 3 aromatic rings. The molecule has 56 heavy (non-hydrogen) atoms. The van der Waals surface area contributed by atoms with Crippen molar-refractivity contribution in [1.29, 1.82) is 0 Å². The zero-order chi connectivity index (χ0) is 39.2. The Morgan fingerprint density at radius 1 is 0.661 bits per heavy atom. The molecule has 0 bridgehead atoms. The van der Waals surface area contributed by atoms with Gasteiger partial charge in [0.2, 0.25) is 0 Å². The van der Waals surface area contributed by atoms with Crippen molar-refractivity contribution in [3.05, 3.63) is 108 Å². The predicted molar refractivity (Wildman–Crippen MR) is 220 cm³/mol. The van der Waals surface area contributed by atoms with Crippen molar-refractivity contribution in [2.24, 2.45) is 46.3 Å². The van der Waals surface area contributed by atoms with E-state index in [4.69, 9.17) is 18.9 Å². The molecular formula is C49H68O7. The molecule has 0 spiro atoms. The van der Waals surface area contributed by atoms with Gasteiger partial charge >= 0.3 is 0 Å². The van der Waals surface area contributed by atoms with Gasteiger partial charge in [-0.1, -0.05) is 112 Å². The van der Waals surface area contributed by atoms with Crippen molar-refractivity contribution in [2.75, 3.05) is 46.2 Å². The topological polar surface area (TPSA) is 97.6 Å². The summed E-state index contributed by atoms with van der Waals surface area (Å²) >= 11 is 0. The number of hydrogen-bond donors (Lipinski definition) is 3. The van der Waals surface area contributed by atoms with Gasteiger partial charge < -0.3 is 34.3 Å². The first-order valence-electron chi connectivity index (χ1n) is 21.8. The second-order valence-corrected chi connectivity index (χ2v) is 18.0. The van der Waals surface area contributed by atoms with Crippen LogP contribution < -0.4 is 0 Å². The lowest BCUT2D eigenvalue weighted by Crippen LogP contribution is -2.63. The van der Waals surface area contributed by atoms with Gasteiger partial charge in [-0.05, 0) is 115 Å². The van der Waals surface area contributed by atoms with E-state index >= 15 is 0 Å². The molecule has 7 nitrogen and oxygen atoms in total. The summed E-state index contributed by atoms with van der Waals surface area (Å²) in [6, 6.07) is 32.0. The molecule has 0 saturated heterocycles. The van der Waals surface area contributed by atoms with E-state index in [9.17, 15) is 15.3 Å². The van der Waals surface area contributed by atoms with Crippen molar-refractivity contribution < 1.29 is 34.3 Å². The summed E-state index contributed by atoms with van der Waals surface area (Å²) in [7, 11) is 0. The second-order valence-electron chi connectivity index (χ2n) is 18.0. The standard InChI is InChI=1S/C49H68O7/c1-35(14-13-28-56-49(36-15-7-4-8-16-36,37-17-9-5-10-18-37)38-19-11-6-12-20-38)41-21-22-42-46-43(34-45(48(41,42)3)55-31-27-52)47(2)24-23-40(53-29-25-50)32-39(47)33-44(46)54-30-26-51/h4-12,15-20,35,39-46,50-52H,13-14,21-34H2,1-3H3/t35-,39+,40-,41-,42+,43+,44-,45+,46+,47+,48-/m1/s1. The van der Waals surface area contributed by atoms with Crippen molar-refractivity contribution in [3.63, 3.8) is 0 Å². The largest absolute Gasteiger partial charge is 0.394 e. The van der Waals surface area contributed by atoms with Crippen molar-refractivity contribution in [2.45, 2.75) is 102 Å². The van der Waals surface area contributed by atoms with Gasteiger partial charge in [-0.25, -0.2) is 0 Å². The van der Waals surface area contributed by atoms with Crippen LogP contribution in [0.15, 0.2) is 91.0 Å². The molecule has 4 saturated carbocycles. The van der Waals surface area contributed by atoms with E-state index in [0.717, 1.165) is 74.5 Å². The van der Waals surface area contributed by atoms with Gasteiger partial charge in [0.1, 0.15) is 5.60 Å². The lowest BCUT2D eigenvalue weighted by molar-refractivity contribution is -0.229. The lowest BCUT2D eigenvalue weighted by atomic mass is 9.43. The molecule has 0 amide bonds. The molecule has 306 valence electrons. The fraction of sp³-hybridized carbons (Fsp3) is 0.633. The van der Waals surface area contributed by atoms with Crippen LogP contribution in [0, 0.1) is 46.3 Å². The second kappa shape index (κ2) is 18.5. The SMILES string of the molecule is C[C@H](CCCOC(c1ccccc1)(c1ccccc1)c1ccccc1)[C@H]1CC[C@H]2[C@@H]3[C@H](OCCO)C[C@@H]4C[C@H](OCCO)CC[C@]4(C)[C@H]3C[C@H](OCCO)[C@]12C. The smallest absolute Gasteiger partial charge is 0.143 e. The molecule has 3 N–H and O–H groups in total. The Balaban J connectivity index is 1.12. The Morgan fingerprint density at radius 2 is 1.23 bits per heavy atom. The number of aliphatic hydroxyl groups is 3. The first-order valence-corrected chi connectivity index (χ1v) is 21.8. The summed E-state index contributed by atoms with van der Waals surface area (Å²) in [5, 5.41) is 29.4. The van der Waals surface area contributed by atoms with E-state index < -0.39 is 5.60 Å². The monoisotopic (exact) mass is 768 g/mol. The third kappa shape index (κ3) is 7.91. The van der Waals surface area contributed by atoms with E-state index in [1.54, 1.807) is 0 Å². The number of hydrogen-bond acceptors (Lipinski definition) is 7. The number of rotatable bonds is 18. The van der Waals surface area contributed by atoms with E-state index in [2.05, 4.69) is 112 Å². The summed E-state index contributed by atoms with van der Waals surface area (Å²) in [6.45, 7) is 9.37. The van der Waals surface area contributed by atoms with Crippen LogP contribution in [0.1, 0.15) is 95.2 Å². The average Bonchev–Trinajstić information content (AvgIpc) is 3.60. The van der Waals surface area contributed by atoms with E-state index in [-0.39, 0.29) is 49.0 Å². The number of fused-ring (bicyclic) bond motifs is 5. The highest BCUT2D eigenvalue weighted by Crippen LogP contribution is 2.69. The summed E-state index contributed by atoms with van der Waals surface area (Å²) < 4.78 is 26.8. The minimum absolute atomic E-state index is 0.0287. The molecule has 11 atom stereocenters. The normalized spacial score (nSPS) is 33.3. The summed E-state index contributed by atoms with van der Waals surface area (Å²) in [5.74, 6) is 2.69. The molecule has 0 aromatic heterocycles. The van der Waals surface area contributed by atoms with Crippen LogP contribution in [-0.2, 0) is 24.5 Å². The Labute approximate surface area is 336 Å². The first-order chi connectivity index (χ1) is 27.3. The molecule has 4 aliphatic rings. The molecule has 4 fully saturated rings. The molecular weight excluding hydrogens is 701 g/mol. The zero-order valence-electron chi connectivity index (χ0n) is 34.1. The van der Waals surface area contributed by atoms with Crippen molar-refractivity contribution >= 4 is 0 Å². The van der Waals surface area contributed by atoms with Gasteiger partial charge in [0.25, 0.3) is 0 Å². The summed E-state index contributed by atoms with van der Waals surface area (Å²) in [5.41, 5.74) is 2.76. The molecule has 7 heteroatoms. The maximum atomic E-state index is 10.0. The summed E-state index contributed by atoms with van der Waals surface area (Å²) in [4.78, 5) is 0.